The van der Waals surface area contributed by atoms with Crippen molar-refractivity contribution in [2.45, 2.75) is 31.4 Å². The molecule has 1 N–H and O–H groups in total. The number of hydrogen-bond acceptors (Lipinski definition) is 5. The molecule has 0 aliphatic heterocycles. The van der Waals surface area contributed by atoms with Crippen LogP contribution in [0, 0.1) is 19.8 Å². The Morgan fingerprint density at radius 1 is 1.32 bits per heavy atom. The average Bonchev–Trinajstić information content (AvgIpc) is 2.90. The molecule has 1 aromatic carbocycles. The predicted molar refractivity (Wildman–Crippen MR) is 95.7 cm³/mol. The molecule has 7 heteroatoms. The topological polar surface area (TPSA) is 83.6 Å². The van der Waals surface area contributed by atoms with Crippen molar-refractivity contribution in [1.29, 1.82) is 0 Å². The number of carbonyl (C=O) groups excluding carboxylic acids is 1. The quantitative estimate of drug-likeness (QED) is 0.760. The number of aromatic nitrogens is 1. The minimum atomic E-state index is -0.916. The number of benzene rings is 1. The van der Waals surface area contributed by atoms with Gasteiger partial charge in [0.15, 0.2) is 0 Å². The van der Waals surface area contributed by atoms with E-state index in [-0.39, 0.29) is 12.5 Å². The van der Waals surface area contributed by atoms with E-state index < -0.39 is 11.9 Å². The number of carboxylic acid groups (broad SMARTS) is 1. The van der Waals surface area contributed by atoms with Crippen LogP contribution in [0.3, 0.4) is 0 Å². The predicted octanol–water partition coefficient (Wildman–Crippen LogP) is 3.38. The van der Waals surface area contributed by atoms with Gasteiger partial charge in [-0.25, -0.2) is 0 Å². The minimum absolute atomic E-state index is 0.164. The molecule has 0 bridgehead atoms. The summed E-state index contributed by atoms with van der Waals surface area (Å²) in [6, 6.07) is 7.35. The van der Waals surface area contributed by atoms with E-state index in [4.69, 9.17) is 9.63 Å². The lowest BCUT2D eigenvalue weighted by Crippen LogP contribution is -2.33. The molecule has 1 unspecified atom stereocenters. The summed E-state index contributed by atoms with van der Waals surface area (Å²) < 4.78 is 5.17. The highest BCUT2D eigenvalue weighted by Crippen LogP contribution is 2.29. The van der Waals surface area contributed by atoms with E-state index >= 15 is 0 Å². The van der Waals surface area contributed by atoms with Gasteiger partial charge < -0.3 is 14.5 Å². The Kier molecular flexibility index (Phi) is 6.25. The summed E-state index contributed by atoms with van der Waals surface area (Å²) in [4.78, 5) is 26.0. The first-order valence-electron chi connectivity index (χ1n) is 7.93. The molecule has 1 heterocycles. The molecule has 0 fully saturated rings. The molecule has 0 saturated carbocycles. The molecule has 2 aromatic rings. The molecule has 0 spiro atoms. The van der Waals surface area contributed by atoms with Crippen LogP contribution in [0.2, 0.25) is 0 Å². The summed E-state index contributed by atoms with van der Waals surface area (Å²) in [5.41, 5.74) is 2.45. The monoisotopic (exact) mass is 362 g/mol. The zero-order valence-electron chi connectivity index (χ0n) is 14.8. The molecular weight excluding hydrogens is 340 g/mol. The first-order chi connectivity index (χ1) is 11.8. The van der Waals surface area contributed by atoms with Crippen molar-refractivity contribution in [1.82, 2.24) is 10.1 Å². The molecule has 0 radical (unpaired) electrons. The first kappa shape index (κ1) is 19.1. The Bertz CT molecular complexity index is 753. The molecule has 2 rings (SSSR count). The van der Waals surface area contributed by atoms with E-state index in [0.717, 1.165) is 21.9 Å². The Balaban J connectivity index is 2.14. The maximum absolute atomic E-state index is 12.7. The van der Waals surface area contributed by atoms with Gasteiger partial charge in [-0.3, -0.25) is 9.59 Å². The Morgan fingerprint density at radius 3 is 2.60 bits per heavy atom. The van der Waals surface area contributed by atoms with Crippen LogP contribution in [0.25, 0.3) is 0 Å². The number of carboxylic acids is 1. The van der Waals surface area contributed by atoms with Crippen LogP contribution in [0.5, 0.6) is 0 Å². The van der Waals surface area contributed by atoms with Gasteiger partial charge in [-0.2, -0.15) is 0 Å². The van der Waals surface area contributed by atoms with Crippen LogP contribution in [-0.4, -0.2) is 40.6 Å². The molecule has 0 aliphatic carbocycles. The molecule has 0 saturated heterocycles. The number of rotatable bonds is 7. The van der Waals surface area contributed by atoms with Gasteiger partial charge in [0.25, 0.3) is 5.91 Å². The Labute approximate surface area is 151 Å². The molecule has 25 heavy (non-hydrogen) atoms. The second-order valence-corrected chi connectivity index (χ2v) is 7.03. The molecule has 134 valence electrons. The van der Waals surface area contributed by atoms with Crippen LogP contribution < -0.4 is 0 Å². The van der Waals surface area contributed by atoms with Crippen molar-refractivity contribution >= 4 is 23.6 Å². The van der Waals surface area contributed by atoms with E-state index in [9.17, 15) is 9.59 Å². The lowest BCUT2D eigenvalue weighted by Gasteiger charge is -2.20. The molecule has 1 atom stereocenters. The van der Waals surface area contributed by atoms with Gasteiger partial charge in [-0.1, -0.05) is 24.2 Å². The van der Waals surface area contributed by atoms with Gasteiger partial charge in [0.1, 0.15) is 5.76 Å². The van der Waals surface area contributed by atoms with Gasteiger partial charge in [0, 0.05) is 29.8 Å². The summed E-state index contributed by atoms with van der Waals surface area (Å²) in [5, 5.41) is 13.0. The Morgan fingerprint density at radius 2 is 2.00 bits per heavy atom. The summed E-state index contributed by atoms with van der Waals surface area (Å²) in [7, 11) is 1.62. The van der Waals surface area contributed by atoms with Crippen LogP contribution in [-0.2, 0) is 10.5 Å². The summed E-state index contributed by atoms with van der Waals surface area (Å²) >= 11 is 1.54. The maximum atomic E-state index is 12.7. The average molecular weight is 362 g/mol. The third-order valence-electron chi connectivity index (χ3n) is 3.99. The van der Waals surface area contributed by atoms with Crippen molar-refractivity contribution in [3.8, 4) is 0 Å². The largest absolute Gasteiger partial charge is 0.481 e. The normalized spacial score (nSPS) is 12.0. The zero-order valence-corrected chi connectivity index (χ0v) is 15.6. The number of hydrogen-bond donors (Lipinski definition) is 1. The lowest BCUT2D eigenvalue weighted by atomic mass is 10.1. The van der Waals surface area contributed by atoms with Crippen LogP contribution in [0.15, 0.2) is 33.7 Å². The van der Waals surface area contributed by atoms with Crippen molar-refractivity contribution < 1.29 is 19.2 Å². The van der Waals surface area contributed by atoms with E-state index in [0.29, 0.717) is 11.3 Å². The van der Waals surface area contributed by atoms with E-state index in [2.05, 4.69) is 5.16 Å². The second kappa shape index (κ2) is 8.20. The molecular formula is C18H22N2O4S. The minimum Gasteiger partial charge on any atom is -0.481 e. The molecule has 0 aliphatic rings. The summed E-state index contributed by atoms with van der Waals surface area (Å²) in [5.74, 6) is -0.284. The fraction of sp³-hybridized carbons (Fsp3) is 0.389. The first-order valence-corrected chi connectivity index (χ1v) is 8.91. The third-order valence-corrected chi connectivity index (χ3v) is 5.09. The highest BCUT2D eigenvalue weighted by atomic mass is 32.2. The molecule has 1 amide bonds. The van der Waals surface area contributed by atoms with Crippen molar-refractivity contribution in [3.05, 3.63) is 46.8 Å². The van der Waals surface area contributed by atoms with E-state index in [1.807, 2.05) is 32.0 Å². The number of aryl methyl sites for hydroxylation is 2. The lowest BCUT2D eigenvalue weighted by molar-refractivity contribution is -0.141. The highest BCUT2D eigenvalue weighted by Gasteiger charge is 2.21. The number of aliphatic carboxylic acids is 1. The van der Waals surface area contributed by atoms with E-state index in [1.165, 1.54) is 4.90 Å². The summed E-state index contributed by atoms with van der Waals surface area (Å²) in [6.45, 7) is 5.51. The van der Waals surface area contributed by atoms with Crippen molar-refractivity contribution in [2.75, 3.05) is 13.6 Å². The van der Waals surface area contributed by atoms with E-state index in [1.54, 1.807) is 31.8 Å². The van der Waals surface area contributed by atoms with Crippen LogP contribution in [0.1, 0.15) is 34.3 Å². The smallest absolute Gasteiger partial charge is 0.308 e. The Hall–Kier alpha value is -2.28. The van der Waals surface area contributed by atoms with Crippen molar-refractivity contribution in [2.24, 2.45) is 5.92 Å². The maximum Gasteiger partial charge on any atom is 0.308 e. The van der Waals surface area contributed by atoms with Crippen LogP contribution >= 0.6 is 11.8 Å². The second-order valence-electron chi connectivity index (χ2n) is 6.01. The number of nitrogens with zero attached hydrogens (tertiary/aromatic N) is 2. The SMILES string of the molecule is Cc1noc(C)c1CSc1ccccc1C(=O)N(C)CC(C)C(=O)O. The number of carbonyl (C=O) groups is 2. The van der Waals surface area contributed by atoms with Gasteiger partial charge >= 0.3 is 5.97 Å². The molecule has 1 aromatic heterocycles. The van der Waals surface area contributed by atoms with Crippen LogP contribution in [0.4, 0.5) is 0 Å². The van der Waals surface area contributed by atoms with Gasteiger partial charge in [0.05, 0.1) is 17.2 Å². The summed E-state index contributed by atoms with van der Waals surface area (Å²) in [6.07, 6.45) is 0. The number of amides is 1. The third kappa shape index (κ3) is 4.63. The standard InChI is InChI=1S/C18H22N2O4S/c1-11(18(22)23)9-20(4)17(21)14-7-5-6-8-16(14)25-10-15-12(2)19-24-13(15)3/h5-8,11H,9-10H2,1-4H3,(H,22,23). The van der Waals surface area contributed by atoms with Gasteiger partial charge in [0.2, 0.25) is 0 Å². The van der Waals surface area contributed by atoms with Gasteiger partial charge in [-0.05, 0) is 26.0 Å². The highest BCUT2D eigenvalue weighted by molar-refractivity contribution is 7.98. The number of thioether (sulfide) groups is 1. The fourth-order valence-electron chi connectivity index (χ4n) is 2.40. The van der Waals surface area contributed by atoms with Gasteiger partial charge in [-0.15, -0.1) is 11.8 Å². The fourth-order valence-corrected chi connectivity index (χ4v) is 3.60. The molecule has 6 nitrogen and oxygen atoms in total. The zero-order chi connectivity index (χ0) is 18.6. The van der Waals surface area contributed by atoms with Crippen molar-refractivity contribution in [3.63, 3.8) is 0 Å².